The number of carbonyl (C=O) groups is 1. The van der Waals surface area contributed by atoms with Crippen LogP contribution in [0, 0.1) is 0 Å². The third kappa shape index (κ3) is 2.80. The molecule has 2 aromatic carbocycles. The highest BCUT2D eigenvalue weighted by atomic mass is 35.5. The van der Waals surface area contributed by atoms with Crippen molar-refractivity contribution < 1.29 is 13.2 Å². The predicted molar refractivity (Wildman–Crippen MR) is 86.5 cm³/mol. The zero-order valence-corrected chi connectivity index (χ0v) is 13.1. The fourth-order valence-electron chi connectivity index (χ4n) is 2.34. The van der Waals surface area contributed by atoms with E-state index in [1.54, 1.807) is 48.5 Å². The minimum absolute atomic E-state index is 0.232. The predicted octanol–water partition coefficient (Wildman–Crippen LogP) is 2.63. The molecular formula is C15H13ClN2O3S. The largest absolute Gasteiger partial charge is 0.323 e. The molecule has 0 spiro atoms. The molecule has 114 valence electrons. The van der Waals surface area contributed by atoms with E-state index in [1.807, 2.05) is 0 Å². The van der Waals surface area contributed by atoms with Gasteiger partial charge in [0.05, 0.1) is 17.1 Å². The number of para-hydroxylation sites is 2. The van der Waals surface area contributed by atoms with Crippen LogP contribution in [0.4, 0.5) is 11.4 Å². The number of halogens is 1. The molecule has 1 amide bonds. The Balaban J connectivity index is 1.99. The third-order valence-corrected chi connectivity index (χ3v) is 5.41. The number of nitrogens with one attached hydrogen (secondary N) is 1. The van der Waals surface area contributed by atoms with Gasteiger partial charge in [0.1, 0.15) is 6.54 Å². The lowest BCUT2D eigenvalue weighted by Gasteiger charge is -2.30. The van der Waals surface area contributed by atoms with Gasteiger partial charge in [0.2, 0.25) is 15.9 Å². The van der Waals surface area contributed by atoms with Gasteiger partial charge in [-0.05, 0) is 23.8 Å². The number of carbonyl (C=O) groups excluding carboxylic acids is 1. The molecule has 1 aliphatic heterocycles. The van der Waals surface area contributed by atoms with Crippen LogP contribution in [-0.2, 0) is 20.6 Å². The van der Waals surface area contributed by atoms with Gasteiger partial charge in [-0.15, -0.1) is 0 Å². The highest BCUT2D eigenvalue weighted by Crippen LogP contribution is 2.32. The van der Waals surface area contributed by atoms with Crippen LogP contribution >= 0.6 is 11.6 Å². The summed E-state index contributed by atoms with van der Waals surface area (Å²) >= 11 is 6.04. The van der Waals surface area contributed by atoms with Gasteiger partial charge in [0, 0.05) is 5.02 Å². The Labute approximate surface area is 133 Å². The molecule has 1 N–H and O–H groups in total. The van der Waals surface area contributed by atoms with E-state index >= 15 is 0 Å². The lowest BCUT2D eigenvalue weighted by molar-refractivity contribution is -0.115. The summed E-state index contributed by atoms with van der Waals surface area (Å²) in [5.41, 5.74) is 1.46. The number of rotatable bonds is 3. The molecule has 22 heavy (non-hydrogen) atoms. The number of amides is 1. The minimum atomic E-state index is -3.72. The number of anilines is 2. The molecular weight excluding hydrogens is 324 g/mol. The van der Waals surface area contributed by atoms with E-state index < -0.39 is 10.0 Å². The van der Waals surface area contributed by atoms with Gasteiger partial charge in [-0.25, -0.2) is 8.42 Å². The normalized spacial score (nSPS) is 14.4. The van der Waals surface area contributed by atoms with Crippen molar-refractivity contribution in [3.8, 4) is 0 Å². The van der Waals surface area contributed by atoms with Crippen LogP contribution in [0.1, 0.15) is 5.56 Å². The van der Waals surface area contributed by atoms with Crippen molar-refractivity contribution in [3.63, 3.8) is 0 Å². The molecule has 0 aromatic heterocycles. The average Bonchev–Trinajstić information content (AvgIpc) is 2.48. The SMILES string of the molecule is O=C1CN(S(=O)(=O)Cc2ccccc2Cl)c2ccccc2N1. The average molecular weight is 337 g/mol. The summed E-state index contributed by atoms with van der Waals surface area (Å²) in [6, 6.07) is 13.6. The molecule has 1 aliphatic rings. The summed E-state index contributed by atoms with van der Waals surface area (Å²) in [6.45, 7) is -0.232. The summed E-state index contributed by atoms with van der Waals surface area (Å²) in [5, 5.41) is 3.06. The Morgan fingerprint density at radius 2 is 1.77 bits per heavy atom. The first-order chi connectivity index (χ1) is 10.5. The van der Waals surface area contributed by atoms with Crippen molar-refractivity contribution in [2.45, 2.75) is 5.75 Å². The molecule has 0 unspecified atom stereocenters. The van der Waals surface area contributed by atoms with Crippen LogP contribution in [0.3, 0.4) is 0 Å². The Kier molecular flexibility index (Phi) is 3.80. The second kappa shape index (κ2) is 5.62. The fraction of sp³-hybridized carbons (Fsp3) is 0.133. The van der Waals surface area contributed by atoms with Crippen molar-refractivity contribution in [3.05, 3.63) is 59.1 Å². The lowest BCUT2D eigenvalue weighted by Crippen LogP contribution is -2.42. The highest BCUT2D eigenvalue weighted by molar-refractivity contribution is 7.92. The summed E-state index contributed by atoms with van der Waals surface area (Å²) in [6.07, 6.45) is 0. The summed E-state index contributed by atoms with van der Waals surface area (Å²) in [5.74, 6) is -0.615. The second-order valence-electron chi connectivity index (χ2n) is 4.92. The maximum Gasteiger partial charge on any atom is 0.245 e. The Morgan fingerprint density at radius 1 is 1.09 bits per heavy atom. The lowest BCUT2D eigenvalue weighted by atomic mass is 10.2. The number of nitrogens with zero attached hydrogens (tertiary/aromatic N) is 1. The van der Waals surface area contributed by atoms with Crippen LogP contribution in [0.15, 0.2) is 48.5 Å². The maximum atomic E-state index is 12.7. The van der Waals surface area contributed by atoms with E-state index in [2.05, 4.69) is 5.32 Å². The van der Waals surface area contributed by atoms with Gasteiger partial charge in [-0.3, -0.25) is 9.10 Å². The molecule has 2 aromatic rings. The van der Waals surface area contributed by atoms with Crippen LogP contribution < -0.4 is 9.62 Å². The quantitative estimate of drug-likeness (QED) is 0.937. The van der Waals surface area contributed by atoms with Crippen LogP contribution in [-0.4, -0.2) is 20.9 Å². The van der Waals surface area contributed by atoms with Gasteiger partial charge in [0.25, 0.3) is 0 Å². The summed E-state index contributed by atoms with van der Waals surface area (Å²) in [7, 11) is -3.72. The number of hydrogen-bond donors (Lipinski definition) is 1. The zero-order valence-electron chi connectivity index (χ0n) is 11.5. The molecule has 3 rings (SSSR count). The van der Waals surface area contributed by atoms with E-state index in [4.69, 9.17) is 11.6 Å². The Hall–Kier alpha value is -2.05. The smallest absolute Gasteiger partial charge is 0.245 e. The van der Waals surface area contributed by atoms with Gasteiger partial charge in [-0.2, -0.15) is 0 Å². The number of fused-ring (bicyclic) bond motifs is 1. The van der Waals surface area contributed by atoms with Crippen LogP contribution in [0.2, 0.25) is 5.02 Å². The van der Waals surface area contributed by atoms with E-state index in [-0.39, 0.29) is 18.2 Å². The number of sulfonamides is 1. The van der Waals surface area contributed by atoms with E-state index in [0.717, 1.165) is 4.31 Å². The molecule has 7 heteroatoms. The van der Waals surface area contributed by atoms with Crippen molar-refractivity contribution in [2.24, 2.45) is 0 Å². The minimum Gasteiger partial charge on any atom is -0.323 e. The maximum absolute atomic E-state index is 12.7. The molecule has 0 aliphatic carbocycles. The topological polar surface area (TPSA) is 66.5 Å². The van der Waals surface area contributed by atoms with Crippen molar-refractivity contribution >= 4 is 38.9 Å². The summed E-state index contributed by atoms with van der Waals surface area (Å²) in [4.78, 5) is 11.8. The second-order valence-corrected chi connectivity index (χ2v) is 7.22. The van der Waals surface area contributed by atoms with Gasteiger partial charge in [0.15, 0.2) is 0 Å². The molecule has 1 heterocycles. The molecule has 0 radical (unpaired) electrons. The first-order valence-electron chi connectivity index (χ1n) is 6.60. The molecule has 5 nitrogen and oxygen atoms in total. The molecule has 0 saturated heterocycles. The summed E-state index contributed by atoms with van der Waals surface area (Å²) < 4.78 is 26.5. The molecule has 0 fully saturated rings. The van der Waals surface area contributed by atoms with Gasteiger partial charge in [-0.1, -0.05) is 41.9 Å². The third-order valence-electron chi connectivity index (χ3n) is 3.37. The first-order valence-corrected chi connectivity index (χ1v) is 8.59. The standard InChI is InChI=1S/C15H13ClN2O3S/c16-12-6-2-1-5-11(12)10-22(20,21)18-9-15(19)17-13-7-3-4-8-14(13)18/h1-8H,9-10H2,(H,17,19). The highest BCUT2D eigenvalue weighted by Gasteiger charge is 2.31. The molecule has 0 bridgehead atoms. The molecule has 0 saturated carbocycles. The number of hydrogen-bond acceptors (Lipinski definition) is 3. The van der Waals surface area contributed by atoms with E-state index in [9.17, 15) is 13.2 Å². The zero-order chi connectivity index (χ0) is 15.7. The monoisotopic (exact) mass is 336 g/mol. The Bertz CT molecular complexity index is 836. The van der Waals surface area contributed by atoms with Crippen LogP contribution in [0.5, 0.6) is 0 Å². The van der Waals surface area contributed by atoms with Crippen molar-refractivity contribution in [1.29, 1.82) is 0 Å². The molecule has 0 atom stereocenters. The van der Waals surface area contributed by atoms with Gasteiger partial charge < -0.3 is 5.32 Å². The Morgan fingerprint density at radius 3 is 2.55 bits per heavy atom. The van der Waals surface area contributed by atoms with Crippen LogP contribution in [0.25, 0.3) is 0 Å². The first kappa shape index (κ1) is 14.9. The number of benzene rings is 2. The fourth-order valence-corrected chi connectivity index (χ4v) is 4.20. The van der Waals surface area contributed by atoms with E-state index in [1.165, 1.54) is 0 Å². The van der Waals surface area contributed by atoms with Crippen molar-refractivity contribution in [2.75, 3.05) is 16.2 Å². The van der Waals surface area contributed by atoms with E-state index in [0.29, 0.717) is 22.0 Å². The van der Waals surface area contributed by atoms with Gasteiger partial charge >= 0.3 is 0 Å². The van der Waals surface area contributed by atoms with Crippen molar-refractivity contribution in [1.82, 2.24) is 0 Å².